The summed E-state index contributed by atoms with van der Waals surface area (Å²) in [6, 6.07) is 7.75. The molecule has 8 heteroatoms. The van der Waals surface area contributed by atoms with Crippen LogP contribution in [0.2, 0.25) is 0 Å². The van der Waals surface area contributed by atoms with Crippen LogP contribution in [0.1, 0.15) is 67.2 Å². The quantitative estimate of drug-likeness (QED) is 0.548. The van der Waals surface area contributed by atoms with E-state index in [4.69, 9.17) is 0 Å². The normalized spacial score (nSPS) is 14.5. The van der Waals surface area contributed by atoms with E-state index in [1.54, 1.807) is 6.07 Å². The highest BCUT2D eigenvalue weighted by molar-refractivity contribution is 8.00. The summed E-state index contributed by atoms with van der Waals surface area (Å²) in [6.45, 7) is 2.13. The molecule has 162 valence electrons. The van der Waals surface area contributed by atoms with Gasteiger partial charge in [0.25, 0.3) is 5.91 Å². The molecule has 0 atom stereocenters. The summed E-state index contributed by atoms with van der Waals surface area (Å²) < 4.78 is 0. The Hall–Kier alpha value is -1.93. The highest BCUT2D eigenvalue weighted by atomic mass is 32.2. The van der Waals surface area contributed by atoms with Crippen LogP contribution < -0.4 is 5.32 Å². The van der Waals surface area contributed by atoms with Gasteiger partial charge in [0.05, 0.1) is 11.3 Å². The van der Waals surface area contributed by atoms with Crippen molar-refractivity contribution in [2.45, 2.75) is 69.2 Å². The van der Waals surface area contributed by atoms with E-state index in [2.05, 4.69) is 22.4 Å². The fourth-order valence-corrected chi connectivity index (χ4v) is 5.34. The van der Waals surface area contributed by atoms with Crippen LogP contribution in [0.25, 0.3) is 0 Å². The summed E-state index contributed by atoms with van der Waals surface area (Å²) in [5, 5.41) is 12.5. The van der Waals surface area contributed by atoms with Gasteiger partial charge in [0, 0.05) is 24.4 Å². The molecule has 1 N–H and O–H groups in total. The van der Waals surface area contributed by atoms with Gasteiger partial charge in [0.15, 0.2) is 0 Å². The minimum Gasteiger partial charge on any atom is -0.342 e. The fourth-order valence-electron chi connectivity index (χ4n) is 3.59. The lowest BCUT2D eigenvalue weighted by Crippen LogP contribution is -2.39. The van der Waals surface area contributed by atoms with Crippen LogP contribution in [-0.2, 0) is 11.2 Å². The first kappa shape index (κ1) is 22.7. The van der Waals surface area contributed by atoms with Gasteiger partial charge < -0.3 is 4.90 Å². The molecule has 2 aromatic rings. The Morgan fingerprint density at radius 2 is 1.97 bits per heavy atom. The van der Waals surface area contributed by atoms with E-state index in [1.165, 1.54) is 42.4 Å². The number of carbonyl (C=O) groups excluding carboxylic acids is 2. The fraction of sp³-hybridized carbons (Fsp3) is 0.545. The summed E-state index contributed by atoms with van der Waals surface area (Å²) in [4.78, 5) is 28.2. The Labute approximate surface area is 186 Å². The molecule has 0 saturated heterocycles. The number of aryl methyl sites for hydroxylation is 1. The van der Waals surface area contributed by atoms with E-state index in [0.29, 0.717) is 22.5 Å². The zero-order valence-corrected chi connectivity index (χ0v) is 19.4. The summed E-state index contributed by atoms with van der Waals surface area (Å²) in [7, 11) is 1.91. The van der Waals surface area contributed by atoms with Crippen molar-refractivity contribution in [1.82, 2.24) is 15.1 Å². The molecule has 1 fully saturated rings. The number of aromatic nitrogens is 2. The Kier molecular flexibility index (Phi) is 8.69. The van der Waals surface area contributed by atoms with Gasteiger partial charge in [0.2, 0.25) is 11.0 Å². The predicted molar refractivity (Wildman–Crippen MR) is 123 cm³/mol. The van der Waals surface area contributed by atoms with Crippen LogP contribution in [0.3, 0.4) is 0 Å². The molecular formula is C22H30N4O2S2. The summed E-state index contributed by atoms with van der Waals surface area (Å²) in [5.74, 6) is 0.230. The molecule has 0 aliphatic heterocycles. The van der Waals surface area contributed by atoms with Gasteiger partial charge in [-0.2, -0.15) is 0 Å². The van der Waals surface area contributed by atoms with Crippen molar-refractivity contribution < 1.29 is 9.59 Å². The molecule has 1 aliphatic rings. The van der Waals surface area contributed by atoms with Gasteiger partial charge in [-0.25, -0.2) is 0 Å². The SMILES string of the molecule is CCCCc1nnc(NC(=O)c2ccccc2SCC(=O)N(C)C2CCCCC2)s1. The maximum absolute atomic E-state index is 12.8. The van der Waals surface area contributed by atoms with Gasteiger partial charge in [-0.15, -0.1) is 22.0 Å². The second kappa shape index (κ2) is 11.5. The van der Waals surface area contributed by atoms with Crippen molar-refractivity contribution in [2.24, 2.45) is 0 Å². The summed E-state index contributed by atoms with van der Waals surface area (Å²) >= 11 is 2.84. The molecule has 1 aromatic carbocycles. The monoisotopic (exact) mass is 446 g/mol. The molecule has 3 rings (SSSR count). The number of unbranched alkanes of at least 4 members (excludes halogenated alkanes) is 1. The number of benzene rings is 1. The van der Waals surface area contributed by atoms with Crippen LogP contribution in [0.15, 0.2) is 29.2 Å². The van der Waals surface area contributed by atoms with Gasteiger partial charge in [-0.3, -0.25) is 14.9 Å². The number of rotatable bonds is 9. The molecule has 1 aliphatic carbocycles. The second-order valence-electron chi connectivity index (χ2n) is 7.64. The second-order valence-corrected chi connectivity index (χ2v) is 9.72. The lowest BCUT2D eigenvalue weighted by Gasteiger charge is -2.31. The first-order valence-electron chi connectivity index (χ1n) is 10.7. The smallest absolute Gasteiger partial charge is 0.258 e. The Morgan fingerprint density at radius 3 is 2.73 bits per heavy atom. The van der Waals surface area contributed by atoms with Crippen LogP contribution in [0.4, 0.5) is 5.13 Å². The van der Waals surface area contributed by atoms with E-state index in [-0.39, 0.29) is 11.8 Å². The molecule has 0 unspecified atom stereocenters. The van der Waals surface area contributed by atoms with Crippen molar-refractivity contribution in [2.75, 3.05) is 18.1 Å². The maximum Gasteiger partial charge on any atom is 0.258 e. The third-order valence-electron chi connectivity index (χ3n) is 5.43. The van der Waals surface area contributed by atoms with Gasteiger partial charge >= 0.3 is 0 Å². The van der Waals surface area contributed by atoms with E-state index in [0.717, 1.165) is 42.0 Å². The number of thioether (sulfide) groups is 1. The Bertz CT molecular complexity index is 849. The number of nitrogens with one attached hydrogen (secondary N) is 1. The topological polar surface area (TPSA) is 75.2 Å². The minimum atomic E-state index is -0.218. The number of amides is 2. The average molecular weight is 447 g/mol. The van der Waals surface area contributed by atoms with Crippen LogP contribution in [0.5, 0.6) is 0 Å². The third-order valence-corrected chi connectivity index (χ3v) is 7.39. The van der Waals surface area contributed by atoms with Gasteiger partial charge in [-0.05, 0) is 31.4 Å². The van der Waals surface area contributed by atoms with Crippen molar-refractivity contribution in [3.8, 4) is 0 Å². The summed E-state index contributed by atoms with van der Waals surface area (Å²) in [5.41, 5.74) is 0.556. The Balaban J connectivity index is 1.58. The average Bonchev–Trinajstić information content (AvgIpc) is 3.23. The van der Waals surface area contributed by atoms with Gasteiger partial charge in [0.1, 0.15) is 5.01 Å². The zero-order chi connectivity index (χ0) is 21.3. The van der Waals surface area contributed by atoms with E-state index >= 15 is 0 Å². The molecule has 0 spiro atoms. The van der Waals surface area contributed by atoms with Crippen LogP contribution in [-0.4, -0.2) is 45.8 Å². The molecule has 0 bridgehead atoms. The summed E-state index contributed by atoms with van der Waals surface area (Å²) in [6.07, 6.45) is 8.89. The van der Waals surface area contributed by atoms with E-state index < -0.39 is 0 Å². The van der Waals surface area contributed by atoms with Crippen LogP contribution >= 0.6 is 23.1 Å². The number of hydrogen-bond donors (Lipinski definition) is 1. The first-order valence-corrected chi connectivity index (χ1v) is 12.5. The number of nitrogens with zero attached hydrogens (tertiary/aromatic N) is 3. The molecule has 6 nitrogen and oxygen atoms in total. The largest absolute Gasteiger partial charge is 0.342 e. The standard InChI is InChI=1S/C22H30N4O2S2/c1-3-4-14-19-24-25-22(30-19)23-21(28)17-12-8-9-13-18(17)29-15-20(27)26(2)16-10-6-5-7-11-16/h8-9,12-13,16H,3-7,10-11,14-15H2,1-2H3,(H,23,25,28). The molecule has 0 radical (unpaired) electrons. The maximum atomic E-state index is 12.8. The minimum absolute atomic E-state index is 0.117. The molecule has 1 aromatic heterocycles. The molecule has 1 saturated carbocycles. The predicted octanol–water partition coefficient (Wildman–Crippen LogP) is 5.02. The van der Waals surface area contributed by atoms with Crippen molar-refractivity contribution >= 4 is 40.0 Å². The molecule has 30 heavy (non-hydrogen) atoms. The third kappa shape index (κ3) is 6.28. The lowest BCUT2D eigenvalue weighted by atomic mass is 9.94. The van der Waals surface area contributed by atoms with Crippen molar-refractivity contribution in [3.05, 3.63) is 34.8 Å². The van der Waals surface area contributed by atoms with Crippen molar-refractivity contribution in [1.29, 1.82) is 0 Å². The molecule has 2 amide bonds. The number of carbonyl (C=O) groups is 2. The number of hydrogen-bond acceptors (Lipinski definition) is 6. The van der Waals surface area contributed by atoms with E-state index in [9.17, 15) is 9.59 Å². The lowest BCUT2D eigenvalue weighted by molar-refractivity contribution is -0.129. The molecular weight excluding hydrogens is 416 g/mol. The Morgan fingerprint density at radius 1 is 1.20 bits per heavy atom. The van der Waals surface area contributed by atoms with E-state index in [1.807, 2.05) is 30.1 Å². The van der Waals surface area contributed by atoms with Gasteiger partial charge in [-0.1, -0.05) is 56.1 Å². The number of anilines is 1. The van der Waals surface area contributed by atoms with Crippen LogP contribution in [0, 0.1) is 0 Å². The van der Waals surface area contributed by atoms with Crippen molar-refractivity contribution in [3.63, 3.8) is 0 Å². The highest BCUT2D eigenvalue weighted by Gasteiger charge is 2.22. The highest BCUT2D eigenvalue weighted by Crippen LogP contribution is 2.27. The molecule has 1 heterocycles. The zero-order valence-electron chi connectivity index (χ0n) is 17.7. The first-order chi connectivity index (χ1) is 14.6.